The number of thioether (sulfide) groups is 1. The van der Waals surface area contributed by atoms with Gasteiger partial charge >= 0.3 is 0 Å². The highest BCUT2D eigenvalue weighted by Crippen LogP contribution is 2.27. The molecule has 0 saturated heterocycles. The molecule has 1 saturated carbocycles. The van der Waals surface area contributed by atoms with Crippen molar-refractivity contribution in [3.05, 3.63) is 0 Å². The lowest BCUT2D eigenvalue weighted by Gasteiger charge is -2.23. The first-order valence-electron chi connectivity index (χ1n) is 7.27. The molecule has 0 amide bonds. The second-order valence-electron chi connectivity index (χ2n) is 5.54. The third-order valence-electron chi connectivity index (χ3n) is 4.00. The maximum Gasteiger partial charge on any atom is 0.157 e. The second kappa shape index (κ2) is 6.67. The predicted octanol–water partition coefficient (Wildman–Crippen LogP) is 3.82. The van der Waals surface area contributed by atoms with Gasteiger partial charge in [-0.3, -0.25) is 4.99 Å². The number of hydrogen-bond acceptors (Lipinski definition) is 3. The van der Waals surface area contributed by atoms with E-state index >= 15 is 0 Å². The van der Waals surface area contributed by atoms with Crippen molar-refractivity contribution in [3.8, 4) is 0 Å². The molecule has 1 aliphatic carbocycles. The van der Waals surface area contributed by atoms with Crippen molar-refractivity contribution >= 4 is 16.9 Å². The van der Waals surface area contributed by atoms with E-state index in [1.54, 1.807) is 0 Å². The first-order chi connectivity index (χ1) is 8.29. The fraction of sp³-hybridized carbons (Fsp3) is 0.929. The lowest BCUT2D eigenvalue weighted by atomic mass is 9.97. The van der Waals surface area contributed by atoms with Crippen molar-refractivity contribution in [2.24, 2.45) is 10.9 Å². The summed E-state index contributed by atoms with van der Waals surface area (Å²) in [5.41, 5.74) is 0. The molecule has 0 radical (unpaired) electrons. The van der Waals surface area contributed by atoms with Crippen LogP contribution in [0.3, 0.4) is 0 Å². The maximum atomic E-state index is 4.66. The zero-order chi connectivity index (χ0) is 12.1. The summed E-state index contributed by atoms with van der Waals surface area (Å²) in [6.45, 7) is 5.69. The molecule has 1 heterocycles. The Bertz CT molecular complexity index is 265. The lowest BCUT2D eigenvalue weighted by molar-refractivity contribution is 0.402. The van der Waals surface area contributed by atoms with Crippen molar-refractivity contribution in [2.45, 2.75) is 70.1 Å². The smallest absolute Gasteiger partial charge is 0.157 e. The molecule has 3 unspecified atom stereocenters. The first-order valence-corrected chi connectivity index (χ1v) is 8.15. The Labute approximate surface area is 110 Å². The quantitative estimate of drug-likeness (QED) is 0.774. The van der Waals surface area contributed by atoms with Crippen molar-refractivity contribution in [1.82, 2.24) is 5.32 Å². The summed E-state index contributed by atoms with van der Waals surface area (Å²) in [6.07, 6.45) is 9.52. The fourth-order valence-electron chi connectivity index (χ4n) is 2.84. The number of aliphatic imine (C=N–C) groups is 1. The van der Waals surface area contributed by atoms with Gasteiger partial charge in [-0.05, 0) is 25.2 Å². The van der Waals surface area contributed by atoms with Gasteiger partial charge in [0, 0.05) is 11.3 Å². The summed E-state index contributed by atoms with van der Waals surface area (Å²) < 4.78 is 0. The van der Waals surface area contributed by atoms with E-state index in [1.165, 1.54) is 50.1 Å². The Morgan fingerprint density at radius 1 is 1.29 bits per heavy atom. The number of nitrogens with zero attached hydrogens (tertiary/aromatic N) is 1. The summed E-state index contributed by atoms with van der Waals surface area (Å²) >= 11 is 1.98. The van der Waals surface area contributed by atoms with Crippen LogP contribution in [0.5, 0.6) is 0 Å². The normalized spacial score (nSPS) is 34.2. The van der Waals surface area contributed by atoms with E-state index in [2.05, 4.69) is 24.2 Å². The number of amidine groups is 1. The highest BCUT2D eigenvalue weighted by Gasteiger charge is 2.24. The van der Waals surface area contributed by atoms with Crippen LogP contribution in [-0.2, 0) is 0 Å². The number of nitrogens with one attached hydrogen (secondary N) is 1. The van der Waals surface area contributed by atoms with Gasteiger partial charge in [0.1, 0.15) is 0 Å². The summed E-state index contributed by atoms with van der Waals surface area (Å²) in [6, 6.07) is 0.670. The average molecular weight is 254 g/mol. The van der Waals surface area contributed by atoms with Crippen LogP contribution in [0.15, 0.2) is 4.99 Å². The van der Waals surface area contributed by atoms with Gasteiger partial charge in [0.05, 0.1) is 6.54 Å². The maximum absolute atomic E-state index is 4.66. The second-order valence-corrected chi connectivity index (χ2v) is 6.83. The highest BCUT2D eigenvalue weighted by molar-refractivity contribution is 8.14. The van der Waals surface area contributed by atoms with Gasteiger partial charge in [0.2, 0.25) is 0 Å². The van der Waals surface area contributed by atoms with E-state index in [0.717, 1.165) is 17.7 Å². The van der Waals surface area contributed by atoms with E-state index < -0.39 is 0 Å². The molecule has 2 rings (SSSR count). The molecule has 98 valence electrons. The molecule has 2 aliphatic rings. The number of hydrogen-bond donors (Lipinski definition) is 1. The molecule has 1 N–H and O–H groups in total. The molecule has 3 atom stereocenters. The SMILES string of the molecule is CCCC1CN=C(NC2CCCCCC2C)S1. The summed E-state index contributed by atoms with van der Waals surface area (Å²) in [7, 11) is 0. The summed E-state index contributed by atoms with van der Waals surface area (Å²) in [5, 5.41) is 5.67. The van der Waals surface area contributed by atoms with Gasteiger partial charge in [-0.1, -0.05) is 51.3 Å². The van der Waals surface area contributed by atoms with Crippen LogP contribution in [0.25, 0.3) is 0 Å². The van der Waals surface area contributed by atoms with Gasteiger partial charge in [-0.2, -0.15) is 0 Å². The van der Waals surface area contributed by atoms with Crippen LogP contribution in [0, 0.1) is 5.92 Å². The van der Waals surface area contributed by atoms with E-state index in [9.17, 15) is 0 Å². The lowest BCUT2D eigenvalue weighted by Crippen LogP contribution is -2.37. The van der Waals surface area contributed by atoms with Gasteiger partial charge in [0.25, 0.3) is 0 Å². The Hall–Kier alpha value is -0.180. The van der Waals surface area contributed by atoms with Crippen LogP contribution in [-0.4, -0.2) is 23.0 Å². The standard InChI is InChI=1S/C14H26N2S/c1-3-7-12-10-15-14(17-12)16-13-9-6-4-5-8-11(13)2/h11-13H,3-10H2,1-2H3,(H,15,16). The van der Waals surface area contributed by atoms with E-state index in [0.29, 0.717) is 6.04 Å². The predicted molar refractivity (Wildman–Crippen MR) is 77.8 cm³/mol. The molecular formula is C14H26N2S. The van der Waals surface area contributed by atoms with Crippen LogP contribution in [0.2, 0.25) is 0 Å². The van der Waals surface area contributed by atoms with Crippen molar-refractivity contribution in [2.75, 3.05) is 6.54 Å². The van der Waals surface area contributed by atoms with Crippen LogP contribution in [0.4, 0.5) is 0 Å². The van der Waals surface area contributed by atoms with Gasteiger partial charge in [-0.15, -0.1) is 0 Å². The zero-order valence-electron chi connectivity index (χ0n) is 11.2. The third kappa shape index (κ3) is 3.90. The largest absolute Gasteiger partial charge is 0.362 e. The summed E-state index contributed by atoms with van der Waals surface area (Å²) in [5.74, 6) is 0.811. The van der Waals surface area contributed by atoms with Gasteiger partial charge < -0.3 is 5.32 Å². The molecule has 0 bridgehead atoms. The van der Waals surface area contributed by atoms with Crippen LogP contribution < -0.4 is 5.32 Å². The van der Waals surface area contributed by atoms with Crippen molar-refractivity contribution in [3.63, 3.8) is 0 Å². The Balaban J connectivity index is 1.80. The van der Waals surface area contributed by atoms with Gasteiger partial charge in [-0.25, -0.2) is 0 Å². The Kier molecular flexibility index (Phi) is 5.20. The Morgan fingerprint density at radius 2 is 2.12 bits per heavy atom. The van der Waals surface area contributed by atoms with Crippen LogP contribution in [0.1, 0.15) is 58.8 Å². The molecule has 2 nitrogen and oxygen atoms in total. The number of rotatable bonds is 3. The third-order valence-corrected chi connectivity index (χ3v) is 5.19. The molecule has 1 aliphatic heterocycles. The average Bonchev–Trinajstić information content (AvgIpc) is 2.65. The molecule has 1 fully saturated rings. The first kappa shape index (κ1) is 13.3. The van der Waals surface area contributed by atoms with Crippen LogP contribution >= 0.6 is 11.8 Å². The topological polar surface area (TPSA) is 24.4 Å². The van der Waals surface area contributed by atoms with Crippen molar-refractivity contribution < 1.29 is 0 Å². The zero-order valence-corrected chi connectivity index (χ0v) is 12.1. The highest BCUT2D eigenvalue weighted by atomic mass is 32.2. The molecule has 17 heavy (non-hydrogen) atoms. The van der Waals surface area contributed by atoms with Gasteiger partial charge in [0.15, 0.2) is 5.17 Å². The monoisotopic (exact) mass is 254 g/mol. The van der Waals surface area contributed by atoms with E-state index in [-0.39, 0.29) is 0 Å². The summed E-state index contributed by atoms with van der Waals surface area (Å²) in [4.78, 5) is 4.66. The molecule has 0 aromatic carbocycles. The van der Waals surface area contributed by atoms with E-state index in [1.807, 2.05) is 11.8 Å². The molecular weight excluding hydrogens is 228 g/mol. The minimum Gasteiger partial charge on any atom is -0.362 e. The molecule has 0 aromatic rings. The van der Waals surface area contributed by atoms with E-state index in [4.69, 9.17) is 0 Å². The van der Waals surface area contributed by atoms with Crippen molar-refractivity contribution in [1.29, 1.82) is 0 Å². The minimum atomic E-state index is 0.670. The molecule has 0 spiro atoms. The Morgan fingerprint density at radius 3 is 2.94 bits per heavy atom. The molecule has 3 heteroatoms. The fourth-order valence-corrected chi connectivity index (χ4v) is 4.02. The minimum absolute atomic E-state index is 0.670. The molecule has 0 aromatic heterocycles.